The van der Waals surface area contributed by atoms with Crippen LogP contribution in [0.2, 0.25) is 0 Å². The highest BCUT2D eigenvalue weighted by Crippen LogP contribution is 2.14. The molecule has 1 aromatic rings. The monoisotopic (exact) mass is 220 g/mol. The van der Waals surface area contributed by atoms with Crippen LogP contribution in [0, 0.1) is 5.92 Å². The Morgan fingerprint density at radius 1 is 1.56 bits per heavy atom. The van der Waals surface area contributed by atoms with Gasteiger partial charge in [-0.2, -0.15) is 0 Å². The van der Waals surface area contributed by atoms with Crippen molar-refractivity contribution >= 4 is 5.78 Å². The summed E-state index contributed by atoms with van der Waals surface area (Å²) in [5.41, 5.74) is 0.918. The molecule has 4 nitrogen and oxygen atoms in total. The first-order valence-corrected chi connectivity index (χ1v) is 5.53. The van der Waals surface area contributed by atoms with Crippen molar-refractivity contribution in [3.8, 4) is 5.88 Å². The highest BCUT2D eigenvalue weighted by molar-refractivity contribution is 5.82. The zero-order valence-corrected chi connectivity index (χ0v) is 9.40. The highest BCUT2D eigenvalue weighted by atomic mass is 16.5. The van der Waals surface area contributed by atoms with Crippen molar-refractivity contribution in [3.05, 3.63) is 23.9 Å². The Morgan fingerprint density at radius 2 is 2.44 bits per heavy atom. The standard InChI is InChI=1S/C12H16N2O2/c1-16-12-4-2-3-10(14-12)7-9-8-13-6-5-11(9)15/h2-4,9,13H,5-8H2,1H3. The molecule has 1 aromatic heterocycles. The number of piperidine rings is 1. The number of nitrogens with zero attached hydrogens (tertiary/aromatic N) is 1. The summed E-state index contributed by atoms with van der Waals surface area (Å²) in [6, 6.07) is 5.65. The lowest BCUT2D eigenvalue weighted by molar-refractivity contribution is -0.123. The summed E-state index contributed by atoms with van der Waals surface area (Å²) in [5, 5.41) is 3.23. The zero-order valence-electron chi connectivity index (χ0n) is 9.40. The van der Waals surface area contributed by atoms with Crippen molar-refractivity contribution in [2.45, 2.75) is 12.8 Å². The maximum absolute atomic E-state index is 11.7. The molecule has 0 radical (unpaired) electrons. The average molecular weight is 220 g/mol. The number of ether oxygens (including phenoxy) is 1. The summed E-state index contributed by atoms with van der Waals surface area (Å²) in [6.07, 6.45) is 1.33. The largest absolute Gasteiger partial charge is 0.481 e. The molecule has 1 atom stereocenters. The predicted octanol–water partition coefficient (Wildman–Crippen LogP) is 0.811. The summed E-state index contributed by atoms with van der Waals surface area (Å²) in [6.45, 7) is 1.57. The first kappa shape index (κ1) is 11.1. The molecule has 16 heavy (non-hydrogen) atoms. The van der Waals surface area contributed by atoms with E-state index in [-0.39, 0.29) is 5.92 Å². The molecule has 4 heteroatoms. The molecule has 86 valence electrons. The molecule has 1 fully saturated rings. The van der Waals surface area contributed by atoms with E-state index >= 15 is 0 Å². The average Bonchev–Trinajstić information content (AvgIpc) is 2.32. The van der Waals surface area contributed by atoms with E-state index in [0.29, 0.717) is 24.5 Å². The second-order valence-electron chi connectivity index (χ2n) is 3.99. The SMILES string of the molecule is COc1cccc(CC2CNCCC2=O)n1. The number of hydrogen-bond acceptors (Lipinski definition) is 4. The molecular formula is C12H16N2O2. The van der Waals surface area contributed by atoms with E-state index in [2.05, 4.69) is 10.3 Å². The van der Waals surface area contributed by atoms with E-state index in [1.54, 1.807) is 7.11 Å². The fourth-order valence-electron chi connectivity index (χ4n) is 1.93. The molecular weight excluding hydrogens is 204 g/mol. The van der Waals surface area contributed by atoms with Gasteiger partial charge < -0.3 is 10.1 Å². The van der Waals surface area contributed by atoms with Crippen LogP contribution in [0.3, 0.4) is 0 Å². The number of ketones is 1. The molecule has 1 N–H and O–H groups in total. The molecule has 2 heterocycles. The number of carbonyl (C=O) groups excluding carboxylic acids is 1. The second kappa shape index (κ2) is 5.07. The Hall–Kier alpha value is -1.42. The molecule has 0 spiro atoms. The van der Waals surface area contributed by atoms with E-state index in [4.69, 9.17) is 4.74 Å². The predicted molar refractivity (Wildman–Crippen MR) is 60.5 cm³/mol. The molecule has 0 aromatic carbocycles. The number of pyridine rings is 1. The van der Waals surface area contributed by atoms with Gasteiger partial charge in [0.25, 0.3) is 0 Å². The van der Waals surface area contributed by atoms with Gasteiger partial charge in [0.15, 0.2) is 0 Å². The summed E-state index contributed by atoms with van der Waals surface area (Å²) in [4.78, 5) is 16.0. The van der Waals surface area contributed by atoms with Gasteiger partial charge in [-0.05, 0) is 6.07 Å². The first-order chi connectivity index (χ1) is 7.79. The van der Waals surface area contributed by atoms with Crippen LogP contribution < -0.4 is 10.1 Å². The van der Waals surface area contributed by atoms with Crippen molar-refractivity contribution < 1.29 is 9.53 Å². The van der Waals surface area contributed by atoms with E-state index in [1.165, 1.54) is 0 Å². The smallest absolute Gasteiger partial charge is 0.213 e. The first-order valence-electron chi connectivity index (χ1n) is 5.53. The van der Waals surface area contributed by atoms with Crippen molar-refractivity contribution in [1.82, 2.24) is 10.3 Å². The minimum atomic E-state index is 0.0633. The van der Waals surface area contributed by atoms with Gasteiger partial charge in [0, 0.05) is 43.6 Å². The van der Waals surface area contributed by atoms with Crippen LogP contribution in [0.4, 0.5) is 0 Å². The number of methoxy groups -OCH3 is 1. The normalized spacial score (nSPS) is 20.8. The van der Waals surface area contributed by atoms with E-state index in [0.717, 1.165) is 18.8 Å². The van der Waals surface area contributed by atoms with Crippen molar-refractivity contribution in [2.75, 3.05) is 20.2 Å². The molecule has 0 aliphatic carbocycles. The fraction of sp³-hybridized carbons (Fsp3) is 0.500. The molecule has 0 amide bonds. The lowest BCUT2D eigenvalue weighted by atomic mass is 9.93. The van der Waals surface area contributed by atoms with Crippen LogP contribution >= 0.6 is 0 Å². The number of Topliss-reactive ketones (excluding diaryl/α,β-unsaturated/α-hetero) is 1. The van der Waals surface area contributed by atoms with Crippen molar-refractivity contribution in [3.63, 3.8) is 0 Å². The summed E-state index contributed by atoms with van der Waals surface area (Å²) in [7, 11) is 1.60. The minimum absolute atomic E-state index is 0.0633. The molecule has 1 aliphatic heterocycles. The number of rotatable bonds is 3. The van der Waals surface area contributed by atoms with Crippen LogP contribution in [0.15, 0.2) is 18.2 Å². The second-order valence-corrected chi connectivity index (χ2v) is 3.99. The third-order valence-electron chi connectivity index (χ3n) is 2.84. The van der Waals surface area contributed by atoms with Gasteiger partial charge in [-0.25, -0.2) is 4.98 Å². The van der Waals surface area contributed by atoms with Gasteiger partial charge in [-0.1, -0.05) is 6.07 Å². The maximum atomic E-state index is 11.7. The Bertz CT molecular complexity index is 379. The zero-order chi connectivity index (χ0) is 11.4. The number of nitrogens with one attached hydrogen (secondary N) is 1. The Balaban J connectivity index is 2.04. The minimum Gasteiger partial charge on any atom is -0.481 e. The van der Waals surface area contributed by atoms with Crippen molar-refractivity contribution in [2.24, 2.45) is 5.92 Å². The lowest BCUT2D eigenvalue weighted by Crippen LogP contribution is -2.38. The van der Waals surface area contributed by atoms with Crippen LogP contribution in [-0.2, 0) is 11.2 Å². The van der Waals surface area contributed by atoms with Gasteiger partial charge in [0.2, 0.25) is 5.88 Å². The Labute approximate surface area is 95.0 Å². The van der Waals surface area contributed by atoms with Crippen molar-refractivity contribution in [1.29, 1.82) is 0 Å². The molecule has 1 aliphatic rings. The van der Waals surface area contributed by atoms with Gasteiger partial charge >= 0.3 is 0 Å². The third kappa shape index (κ3) is 2.58. The third-order valence-corrected chi connectivity index (χ3v) is 2.84. The van der Waals surface area contributed by atoms with Gasteiger partial charge in [-0.15, -0.1) is 0 Å². The molecule has 2 rings (SSSR count). The van der Waals surface area contributed by atoms with Crippen LogP contribution in [-0.4, -0.2) is 31.0 Å². The van der Waals surface area contributed by atoms with E-state index in [9.17, 15) is 4.79 Å². The fourth-order valence-corrected chi connectivity index (χ4v) is 1.93. The molecule has 0 saturated carbocycles. The summed E-state index contributed by atoms with van der Waals surface area (Å²) in [5.74, 6) is 1.01. The summed E-state index contributed by atoms with van der Waals surface area (Å²) < 4.78 is 5.06. The van der Waals surface area contributed by atoms with Crippen LogP contribution in [0.25, 0.3) is 0 Å². The van der Waals surface area contributed by atoms with E-state index in [1.807, 2.05) is 18.2 Å². The Kier molecular flexibility index (Phi) is 3.51. The maximum Gasteiger partial charge on any atom is 0.213 e. The number of aromatic nitrogens is 1. The quantitative estimate of drug-likeness (QED) is 0.819. The highest BCUT2D eigenvalue weighted by Gasteiger charge is 2.22. The molecule has 1 unspecified atom stereocenters. The Morgan fingerprint density at radius 3 is 3.19 bits per heavy atom. The van der Waals surface area contributed by atoms with Gasteiger partial charge in [0.1, 0.15) is 5.78 Å². The molecule has 0 bridgehead atoms. The topological polar surface area (TPSA) is 51.2 Å². The van der Waals surface area contributed by atoms with Gasteiger partial charge in [-0.3, -0.25) is 4.79 Å². The van der Waals surface area contributed by atoms with Crippen LogP contribution in [0.1, 0.15) is 12.1 Å². The van der Waals surface area contributed by atoms with Gasteiger partial charge in [0.05, 0.1) is 7.11 Å². The van der Waals surface area contributed by atoms with E-state index < -0.39 is 0 Å². The lowest BCUT2D eigenvalue weighted by Gasteiger charge is -2.21. The number of hydrogen-bond donors (Lipinski definition) is 1. The molecule has 1 saturated heterocycles. The van der Waals surface area contributed by atoms with Crippen LogP contribution in [0.5, 0.6) is 5.88 Å². The number of carbonyl (C=O) groups is 1. The summed E-state index contributed by atoms with van der Waals surface area (Å²) >= 11 is 0.